The van der Waals surface area contributed by atoms with Crippen molar-refractivity contribution >= 4 is 5.91 Å². The lowest BCUT2D eigenvalue weighted by Gasteiger charge is -2.15. The lowest BCUT2D eigenvalue weighted by atomic mass is 10.1. The Hall–Kier alpha value is -3.48. The summed E-state index contributed by atoms with van der Waals surface area (Å²) in [6.45, 7) is 1.93. The summed E-state index contributed by atoms with van der Waals surface area (Å²) in [5.41, 5.74) is 1.31. The SMILES string of the molecule is C[C@H](Oc1ccccc1F)C(=O)NCCn1nc(-c2ccccc2)ccc1=O. The Morgan fingerprint density at radius 3 is 2.57 bits per heavy atom. The lowest BCUT2D eigenvalue weighted by Crippen LogP contribution is -2.39. The molecule has 0 aliphatic rings. The Labute approximate surface area is 161 Å². The number of benzene rings is 2. The number of hydrogen-bond donors (Lipinski definition) is 1. The average molecular weight is 381 g/mol. The Kier molecular flexibility index (Phi) is 6.16. The highest BCUT2D eigenvalue weighted by molar-refractivity contribution is 5.80. The summed E-state index contributed by atoms with van der Waals surface area (Å²) in [7, 11) is 0. The molecular formula is C21H20FN3O3. The maximum atomic E-state index is 13.6. The first-order valence-electron chi connectivity index (χ1n) is 8.87. The van der Waals surface area contributed by atoms with Gasteiger partial charge in [0.1, 0.15) is 0 Å². The molecule has 0 saturated heterocycles. The Morgan fingerprint density at radius 1 is 1.11 bits per heavy atom. The normalized spacial score (nSPS) is 11.6. The van der Waals surface area contributed by atoms with Gasteiger partial charge in [-0.05, 0) is 25.1 Å². The summed E-state index contributed by atoms with van der Waals surface area (Å²) in [5.74, 6) is -0.926. The van der Waals surface area contributed by atoms with Gasteiger partial charge in [-0.2, -0.15) is 5.10 Å². The third-order valence-electron chi connectivity index (χ3n) is 4.07. The van der Waals surface area contributed by atoms with Gasteiger partial charge in [0.2, 0.25) is 0 Å². The van der Waals surface area contributed by atoms with Crippen LogP contribution in [0.15, 0.2) is 71.5 Å². The predicted molar refractivity (Wildman–Crippen MR) is 103 cm³/mol. The van der Waals surface area contributed by atoms with Crippen molar-refractivity contribution in [1.29, 1.82) is 0 Å². The number of carbonyl (C=O) groups excluding carboxylic acids is 1. The van der Waals surface area contributed by atoms with Gasteiger partial charge >= 0.3 is 0 Å². The van der Waals surface area contributed by atoms with Crippen molar-refractivity contribution in [2.24, 2.45) is 0 Å². The van der Waals surface area contributed by atoms with Crippen LogP contribution >= 0.6 is 0 Å². The minimum Gasteiger partial charge on any atom is -0.478 e. The van der Waals surface area contributed by atoms with Crippen LogP contribution in [0.3, 0.4) is 0 Å². The molecular weight excluding hydrogens is 361 g/mol. The molecule has 1 N–H and O–H groups in total. The van der Waals surface area contributed by atoms with Crippen molar-refractivity contribution in [3.05, 3.63) is 82.9 Å². The molecule has 0 aliphatic heterocycles. The molecule has 6 nitrogen and oxygen atoms in total. The van der Waals surface area contributed by atoms with Crippen LogP contribution in [0.2, 0.25) is 0 Å². The maximum absolute atomic E-state index is 13.6. The average Bonchev–Trinajstić information content (AvgIpc) is 2.71. The molecule has 0 unspecified atom stereocenters. The highest BCUT2D eigenvalue weighted by Crippen LogP contribution is 2.17. The molecule has 0 fully saturated rings. The van der Waals surface area contributed by atoms with Crippen LogP contribution in [0.25, 0.3) is 11.3 Å². The van der Waals surface area contributed by atoms with E-state index in [1.54, 1.807) is 18.2 Å². The van der Waals surface area contributed by atoms with Crippen molar-refractivity contribution in [2.75, 3.05) is 6.54 Å². The van der Waals surface area contributed by atoms with Crippen molar-refractivity contribution < 1.29 is 13.9 Å². The molecule has 7 heteroatoms. The van der Waals surface area contributed by atoms with Crippen LogP contribution in [0.1, 0.15) is 6.92 Å². The first kappa shape index (κ1) is 19.3. The number of nitrogens with zero attached hydrogens (tertiary/aromatic N) is 2. The number of hydrogen-bond acceptors (Lipinski definition) is 4. The van der Waals surface area contributed by atoms with E-state index in [0.717, 1.165) is 5.56 Å². The van der Waals surface area contributed by atoms with Crippen molar-refractivity contribution in [2.45, 2.75) is 19.6 Å². The second-order valence-electron chi connectivity index (χ2n) is 6.13. The summed E-state index contributed by atoms with van der Waals surface area (Å²) < 4.78 is 20.2. The van der Waals surface area contributed by atoms with Gasteiger partial charge in [-0.25, -0.2) is 9.07 Å². The summed E-state index contributed by atoms with van der Waals surface area (Å²) in [4.78, 5) is 24.2. The molecule has 2 aromatic carbocycles. The molecule has 1 heterocycles. The zero-order valence-corrected chi connectivity index (χ0v) is 15.3. The van der Waals surface area contributed by atoms with Crippen molar-refractivity contribution in [3.8, 4) is 17.0 Å². The third-order valence-corrected chi connectivity index (χ3v) is 4.07. The second kappa shape index (κ2) is 8.94. The monoisotopic (exact) mass is 381 g/mol. The number of amides is 1. The fourth-order valence-corrected chi connectivity index (χ4v) is 2.58. The maximum Gasteiger partial charge on any atom is 0.266 e. The van der Waals surface area contributed by atoms with Gasteiger partial charge in [-0.3, -0.25) is 9.59 Å². The first-order valence-corrected chi connectivity index (χ1v) is 8.87. The molecule has 3 rings (SSSR count). The topological polar surface area (TPSA) is 73.2 Å². The number of nitrogens with one attached hydrogen (secondary N) is 1. The van der Waals surface area contributed by atoms with Crippen LogP contribution in [0, 0.1) is 5.82 Å². The summed E-state index contributed by atoms with van der Waals surface area (Å²) in [6, 6.07) is 18.5. The molecule has 0 saturated carbocycles. The zero-order valence-electron chi connectivity index (χ0n) is 15.3. The number of halogens is 1. The molecule has 1 atom stereocenters. The van der Waals surface area contributed by atoms with Gasteiger partial charge < -0.3 is 10.1 Å². The van der Waals surface area contributed by atoms with E-state index in [2.05, 4.69) is 10.4 Å². The standard InChI is InChI=1S/C21H20FN3O3/c1-15(28-19-10-6-5-9-17(19)22)21(27)23-13-14-25-20(26)12-11-18(24-25)16-7-3-2-4-8-16/h2-12,15H,13-14H2,1H3,(H,23,27)/t15-/m0/s1. The second-order valence-corrected chi connectivity index (χ2v) is 6.13. The van der Waals surface area contributed by atoms with Crippen LogP contribution in [-0.2, 0) is 11.3 Å². The molecule has 3 aromatic rings. The number of para-hydroxylation sites is 1. The van der Waals surface area contributed by atoms with Crippen molar-refractivity contribution in [3.63, 3.8) is 0 Å². The van der Waals surface area contributed by atoms with E-state index in [0.29, 0.717) is 5.69 Å². The minimum atomic E-state index is -0.878. The van der Waals surface area contributed by atoms with Crippen molar-refractivity contribution in [1.82, 2.24) is 15.1 Å². The molecule has 28 heavy (non-hydrogen) atoms. The van der Waals surface area contributed by atoms with E-state index in [1.807, 2.05) is 30.3 Å². The van der Waals surface area contributed by atoms with E-state index >= 15 is 0 Å². The summed E-state index contributed by atoms with van der Waals surface area (Å²) in [5, 5.41) is 7.01. The predicted octanol–water partition coefficient (Wildman–Crippen LogP) is 2.63. The van der Waals surface area contributed by atoms with Gasteiger partial charge in [0, 0.05) is 18.2 Å². The van der Waals surface area contributed by atoms with Gasteiger partial charge in [-0.1, -0.05) is 42.5 Å². The van der Waals surface area contributed by atoms with Gasteiger partial charge in [0.05, 0.1) is 12.2 Å². The highest BCUT2D eigenvalue weighted by Gasteiger charge is 2.16. The molecule has 0 spiro atoms. The van der Waals surface area contributed by atoms with Crippen LogP contribution in [0.5, 0.6) is 5.75 Å². The minimum absolute atomic E-state index is 0.0126. The lowest BCUT2D eigenvalue weighted by molar-refractivity contribution is -0.127. The number of carbonyl (C=O) groups is 1. The summed E-state index contributed by atoms with van der Waals surface area (Å²) in [6.07, 6.45) is -0.878. The fourth-order valence-electron chi connectivity index (χ4n) is 2.58. The molecule has 0 aliphatic carbocycles. The first-order chi connectivity index (χ1) is 13.5. The Bertz CT molecular complexity index is 1010. The van der Waals surface area contributed by atoms with E-state index in [-0.39, 0.29) is 24.4 Å². The quantitative estimate of drug-likeness (QED) is 0.683. The zero-order chi connectivity index (χ0) is 19.9. The molecule has 144 valence electrons. The number of rotatable bonds is 7. The van der Waals surface area contributed by atoms with E-state index < -0.39 is 17.8 Å². The number of ether oxygens (including phenoxy) is 1. The largest absolute Gasteiger partial charge is 0.478 e. The fraction of sp³-hybridized carbons (Fsp3) is 0.190. The Balaban J connectivity index is 1.58. The van der Waals surface area contributed by atoms with E-state index in [1.165, 1.54) is 29.8 Å². The van der Waals surface area contributed by atoms with E-state index in [9.17, 15) is 14.0 Å². The van der Waals surface area contributed by atoms with Crippen LogP contribution in [0.4, 0.5) is 4.39 Å². The highest BCUT2D eigenvalue weighted by atomic mass is 19.1. The molecule has 0 bridgehead atoms. The summed E-state index contributed by atoms with van der Waals surface area (Å²) >= 11 is 0. The van der Waals surface area contributed by atoms with Gasteiger partial charge in [0.15, 0.2) is 17.7 Å². The smallest absolute Gasteiger partial charge is 0.266 e. The van der Waals surface area contributed by atoms with Crippen LogP contribution < -0.4 is 15.6 Å². The van der Waals surface area contributed by atoms with Gasteiger partial charge in [0.25, 0.3) is 11.5 Å². The van der Waals surface area contributed by atoms with Gasteiger partial charge in [-0.15, -0.1) is 0 Å². The number of aromatic nitrogens is 2. The molecule has 1 aromatic heterocycles. The molecule has 0 radical (unpaired) electrons. The Morgan fingerprint density at radius 2 is 1.82 bits per heavy atom. The van der Waals surface area contributed by atoms with E-state index in [4.69, 9.17) is 4.74 Å². The van der Waals surface area contributed by atoms with Crippen LogP contribution in [-0.4, -0.2) is 28.3 Å². The third kappa shape index (κ3) is 4.82. The molecule has 1 amide bonds.